The third-order valence-electron chi connectivity index (χ3n) is 4.59. The topological polar surface area (TPSA) is 73.0 Å². The minimum Gasteiger partial charge on any atom is -0.361 e. The Morgan fingerprint density at radius 1 is 1.46 bits per heavy atom. The number of aryl methyl sites for hydroxylation is 3. The summed E-state index contributed by atoms with van der Waals surface area (Å²) < 4.78 is 7.34. The van der Waals surface area contributed by atoms with Gasteiger partial charge in [0.1, 0.15) is 17.1 Å². The minimum absolute atomic E-state index is 0.0404. The van der Waals surface area contributed by atoms with E-state index < -0.39 is 0 Å². The lowest BCUT2D eigenvalue weighted by molar-refractivity contribution is 0.0925. The molecule has 0 radical (unpaired) electrons. The first-order valence-electron chi connectivity index (χ1n) is 8.62. The Bertz CT molecular complexity index is 752. The number of carbonyl (C=O) groups excluding carboxylic acids is 1. The van der Waals surface area contributed by atoms with Crippen LogP contribution in [0.1, 0.15) is 67.4 Å². The van der Waals surface area contributed by atoms with Gasteiger partial charge in [0.2, 0.25) is 0 Å². The zero-order chi connectivity index (χ0) is 17.5. The van der Waals surface area contributed by atoms with Gasteiger partial charge in [-0.2, -0.15) is 0 Å². The van der Waals surface area contributed by atoms with E-state index in [1.807, 2.05) is 6.92 Å². The van der Waals surface area contributed by atoms with Gasteiger partial charge in [-0.15, -0.1) is 0 Å². The molecule has 2 aromatic rings. The molecule has 1 aliphatic heterocycles. The van der Waals surface area contributed by atoms with Crippen molar-refractivity contribution >= 4 is 5.91 Å². The molecule has 6 nitrogen and oxygen atoms in total. The zero-order valence-electron chi connectivity index (χ0n) is 15.1. The summed E-state index contributed by atoms with van der Waals surface area (Å²) in [5, 5.41) is 7.10. The molecule has 0 saturated heterocycles. The summed E-state index contributed by atoms with van der Waals surface area (Å²) in [6.07, 6.45) is 4.59. The van der Waals surface area contributed by atoms with Gasteiger partial charge in [0.15, 0.2) is 0 Å². The first-order chi connectivity index (χ1) is 11.3. The highest BCUT2D eigenvalue weighted by molar-refractivity contribution is 5.96. The first-order valence-corrected chi connectivity index (χ1v) is 8.62. The highest BCUT2D eigenvalue weighted by Gasteiger charge is 2.27. The molecule has 24 heavy (non-hydrogen) atoms. The molecular weight excluding hydrogens is 304 g/mol. The number of hydrogen-bond acceptors (Lipinski definition) is 4. The molecule has 2 aromatic heterocycles. The fraction of sp³-hybridized carbons (Fsp3) is 0.611. The van der Waals surface area contributed by atoms with Gasteiger partial charge in [0.05, 0.1) is 11.4 Å². The molecule has 1 aliphatic rings. The first kappa shape index (κ1) is 16.7. The maximum atomic E-state index is 12.6. The SMILES string of the molecule is CCc1noc(C)c1C(=O)N[C@@H]1CCc2nc(C(C)(C)C)cn2C1. The van der Waals surface area contributed by atoms with E-state index in [2.05, 4.69) is 42.0 Å². The number of aromatic nitrogens is 3. The van der Waals surface area contributed by atoms with E-state index in [-0.39, 0.29) is 17.4 Å². The molecule has 1 amide bonds. The molecular formula is C18H26N4O2. The van der Waals surface area contributed by atoms with Crippen molar-refractivity contribution in [2.75, 3.05) is 0 Å². The second kappa shape index (κ2) is 6.07. The summed E-state index contributed by atoms with van der Waals surface area (Å²) in [5.41, 5.74) is 2.45. The Morgan fingerprint density at radius 3 is 2.88 bits per heavy atom. The molecule has 0 bridgehead atoms. The largest absolute Gasteiger partial charge is 0.361 e. The molecule has 0 spiro atoms. The van der Waals surface area contributed by atoms with Crippen LogP contribution >= 0.6 is 0 Å². The lowest BCUT2D eigenvalue weighted by atomic mass is 9.93. The van der Waals surface area contributed by atoms with Crippen LogP contribution in [0.3, 0.4) is 0 Å². The van der Waals surface area contributed by atoms with Crippen LogP contribution in [0.4, 0.5) is 0 Å². The molecule has 1 N–H and O–H groups in total. The van der Waals surface area contributed by atoms with Crippen molar-refractivity contribution < 1.29 is 9.32 Å². The lowest BCUT2D eigenvalue weighted by Gasteiger charge is -2.24. The van der Waals surface area contributed by atoms with Crippen molar-refractivity contribution in [2.24, 2.45) is 0 Å². The summed E-state index contributed by atoms with van der Waals surface area (Å²) in [6, 6.07) is 0.103. The van der Waals surface area contributed by atoms with Gasteiger partial charge in [0.25, 0.3) is 5.91 Å². The van der Waals surface area contributed by atoms with Crippen LogP contribution in [0.25, 0.3) is 0 Å². The van der Waals surface area contributed by atoms with Gasteiger partial charge in [-0.3, -0.25) is 4.79 Å². The Morgan fingerprint density at radius 2 is 2.21 bits per heavy atom. The van der Waals surface area contributed by atoms with Crippen molar-refractivity contribution in [3.8, 4) is 0 Å². The third kappa shape index (κ3) is 3.09. The second-order valence-corrected chi connectivity index (χ2v) is 7.57. The molecule has 0 aliphatic carbocycles. The number of nitrogens with zero attached hydrogens (tertiary/aromatic N) is 3. The lowest BCUT2D eigenvalue weighted by Crippen LogP contribution is -2.41. The predicted molar refractivity (Wildman–Crippen MR) is 91.1 cm³/mol. The van der Waals surface area contributed by atoms with Crippen LogP contribution in [0.5, 0.6) is 0 Å². The van der Waals surface area contributed by atoms with Crippen LogP contribution in [0.2, 0.25) is 0 Å². The van der Waals surface area contributed by atoms with Crippen LogP contribution in [0.15, 0.2) is 10.7 Å². The number of amides is 1. The van der Waals surface area contributed by atoms with Crippen LogP contribution in [-0.2, 0) is 24.8 Å². The molecule has 3 rings (SSSR count). The van der Waals surface area contributed by atoms with E-state index in [9.17, 15) is 4.79 Å². The quantitative estimate of drug-likeness (QED) is 0.939. The van der Waals surface area contributed by atoms with Gasteiger partial charge in [-0.1, -0.05) is 32.9 Å². The number of nitrogens with one attached hydrogen (secondary N) is 1. The third-order valence-corrected chi connectivity index (χ3v) is 4.59. The van der Waals surface area contributed by atoms with Crippen LogP contribution in [-0.4, -0.2) is 26.7 Å². The van der Waals surface area contributed by atoms with Crippen molar-refractivity contribution in [3.63, 3.8) is 0 Å². The molecule has 130 valence electrons. The summed E-state index contributed by atoms with van der Waals surface area (Å²) in [5.74, 6) is 1.61. The van der Waals surface area contributed by atoms with Gasteiger partial charge < -0.3 is 14.4 Å². The zero-order valence-corrected chi connectivity index (χ0v) is 15.1. The van der Waals surface area contributed by atoms with E-state index >= 15 is 0 Å². The second-order valence-electron chi connectivity index (χ2n) is 7.57. The number of fused-ring (bicyclic) bond motifs is 1. The van der Waals surface area contributed by atoms with Gasteiger partial charge in [0, 0.05) is 30.6 Å². The van der Waals surface area contributed by atoms with E-state index in [0.717, 1.165) is 36.6 Å². The van der Waals surface area contributed by atoms with E-state index in [1.165, 1.54) is 0 Å². The summed E-state index contributed by atoms with van der Waals surface area (Å²) in [6.45, 7) is 11.0. The number of hydrogen-bond donors (Lipinski definition) is 1. The van der Waals surface area contributed by atoms with Crippen molar-refractivity contribution in [1.29, 1.82) is 0 Å². The predicted octanol–water partition coefficient (Wildman–Crippen LogP) is 2.78. The van der Waals surface area contributed by atoms with Crippen molar-refractivity contribution in [2.45, 2.75) is 71.9 Å². The maximum Gasteiger partial charge on any atom is 0.257 e. The smallest absolute Gasteiger partial charge is 0.257 e. The molecule has 0 unspecified atom stereocenters. The van der Waals surface area contributed by atoms with Crippen molar-refractivity contribution in [3.05, 3.63) is 34.7 Å². The highest BCUT2D eigenvalue weighted by Crippen LogP contribution is 2.24. The minimum atomic E-state index is -0.0878. The average Bonchev–Trinajstić information content (AvgIpc) is 3.09. The monoisotopic (exact) mass is 330 g/mol. The maximum absolute atomic E-state index is 12.6. The summed E-state index contributed by atoms with van der Waals surface area (Å²) in [7, 11) is 0. The Labute approximate surface area is 142 Å². The fourth-order valence-corrected chi connectivity index (χ4v) is 3.13. The Hall–Kier alpha value is -2.11. The van der Waals surface area contributed by atoms with Crippen molar-refractivity contribution in [1.82, 2.24) is 20.0 Å². The van der Waals surface area contributed by atoms with E-state index in [0.29, 0.717) is 17.7 Å². The summed E-state index contributed by atoms with van der Waals surface area (Å²) in [4.78, 5) is 17.4. The molecule has 0 saturated carbocycles. The van der Waals surface area contributed by atoms with Gasteiger partial charge in [-0.05, 0) is 19.8 Å². The molecule has 6 heteroatoms. The number of carbonyl (C=O) groups is 1. The summed E-state index contributed by atoms with van der Waals surface area (Å²) >= 11 is 0. The standard InChI is InChI=1S/C18H26N4O2/c1-6-13-16(11(2)24-21-13)17(23)19-12-7-8-15-20-14(18(3,4)5)10-22(15)9-12/h10,12H,6-9H2,1-5H3,(H,19,23)/t12-/m1/s1. The molecule has 3 heterocycles. The molecule has 0 aromatic carbocycles. The number of imidazole rings is 1. The van der Waals surface area contributed by atoms with Crippen LogP contribution in [0, 0.1) is 6.92 Å². The molecule has 1 atom stereocenters. The fourth-order valence-electron chi connectivity index (χ4n) is 3.13. The van der Waals surface area contributed by atoms with E-state index in [4.69, 9.17) is 9.51 Å². The van der Waals surface area contributed by atoms with E-state index in [1.54, 1.807) is 6.92 Å². The van der Waals surface area contributed by atoms with Gasteiger partial charge >= 0.3 is 0 Å². The van der Waals surface area contributed by atoms with Crippen LogP contribution < -0.4 is 5.32 Å². The normalized spacial score (nSPS) is 17.6. The van der Waals surface area contributed by atoms with Gasteiger partial charge in [-0.25, -0.2) is 4.98 Å². The average molecular weight is 330 g/mol. The Kier molecular flexibility index (Phi) is 4.24. The number of rotatable bonds is 3. The molecule has 0 fully saturated rings. The Balaban J connectivity index is 1.73. The highest BCUT2D eigenvalue weighted by atomic mass is 16.5.